The van der Waals surface area contributed by atoms with Gasteiger partial charge in [-0.2, -0.15) is 0 Å². The van der Waals surface area contributed by atoms with Crippen LogP contribution in [0.1, 0.15) is 12.5 Å². The Bertz CT molecular complexity index is 885. The summed E-state index contributed by atoms with van der Waals surface area (Å²) < 4.78 is 5.07. The number of halogens is 1. The van der Waals surface area contributed by atoms with Gasteiger partial charge in [0.15, 0.2) is 0 Å². The predicted octanol–water partition coefficient (Wildman–Crippen LogP) is 3.61. The number of nitrogens with one attached hydrogen (secondary N) is 1. The molecule has 5 nitrogen and oxygen atoms in total. The van der Waals surface area contributed by atoms with Gasteiger partial charge in [0.2, 0.25) is 0 Å². The van der Waals surface area contributed by atoms with Crippen molar-refractivity contribution in [2.24, 2.45) is 10.9 Å². The smallest absolute Gasteiger partial charge is 0.345 e. The van der Waals surface area contributed by atoms with E-state index in [9.17, 15) is 9.59 Å². The number of fused-ring (bicyclic) bond motifs is 1. The Hall–Kier alpha value is -2.31. The zero-order valence-corrected chi connectivity index (χ0v) is 16.6. The molecule has 0 fully saturated rings. The van der Waals surface area contributed by atoms with Crippen LogP contribution in [-0.2, 0) is 20.9 Å². The van der Waals surface area contributed by atoms with Crippen molar-refractivity contribution in [2.45, 2.75) is 18.4 Å². The topological polar surface area (TPSA) is 67.8 Å². The Morgan fingerprint density at radius 3 is 2.74 bits per heavy atom. The molecule has 0 bridgehead atoms. The van der Waals surface area contributed by atoms with E-state index < -0.39 is 11.9 Å². The second-order valence-corrected chi connectivity index (χ2v) is 7.23. The van der Waals surface area contributed by atoms with Gasteiger partial charge in [-0.05, 0) is 43.0 Å². The molecule has 0 spiro atoms. The number of esters is 1. The highest BCUT2D eigenvalue weighted by atomic mass is 35.5. The molecule has 2 aliphatic rings. The lowest BCUT2D eigenvalue weighted by molar-refractivity contribution is -0.140. The zero-order valence-electron chi connectivity index (χ0n) is 15.0. The van der Waals surface area contributed by atoms with E-state index >= 15 is 0 Å². The summed E-state index contributed by atoms with van der Waals surface area (Å²) in [6.45, 7) is 2.35. The van der Waals surface area contributed by atoms with E-state index in [1.165, 1.54) is 4.90 Å². The first-order valence-electron chi connectivity index (χ1n) is 8.50. The number of rotatable bonds is 6. The predicted molar refractivity (Wildman–Crippen MR) is 108 cm³/mol. The number of hydrogen-bond acceptors (Lipinski definition) is 5. The number of dihydropyridines is 1. The number of nitrogens with zero attached hydrogens (tertiary/aromatic N) is 1. The quantitative estimate of drug-likeness (QED) is 0.447. The van der Waals surface area contributed by atoms with Crippen LogP contribution in [0, 0.1) is 5.92 Å². The van der Waals surface area contributed by atoms with Crippen molar-refractivity contribution in [1.82, 2.24) is 5.32 Å². The molecular weight excluding hydrogens is 384 g/mol. The van der Waals surface area contributed by atoms with Crippen molar-refractivity contribution in [3.05, 3.63) is 64.4 Å². The van der Waals surface area contributed by atoms with Gasteiger partial charge in [-0.15, -0.1) is 11.8 Å². The van der Waals surface area contributed by atoms with Crippen LogP contribution < -0.4 is 5.32 Å². The highest BCUT2D eigenvalue weighted by Crippen LogP contribution is 2.29. The molecule has 0 radical (unpaired) electrons. The molecule has 27 heavy (non-hydrogen) atoms. The third kappa shape index (κ3) is 4.34. The first-order chi connectivity index (χ1) is 13.0. The van der Waals surface area contributed by atoms with Crippen LogP contribution in [0.4, 0.5) is 0 Å². The van der Waals surface area contributed by atoms with Crippen LogP contribution in [0.15, 0.2) is 68.7 Å². The van der Waals surface area contributed by atoms with Crippen LogP contribution in [-0.4, -0.2) is 30.5 Å². The molecule has 0 saturated carbocycles. The second kappa shape index (κ2) is 8.59. The fourth-order valence-electron chi connectivity index (χ4n) is 2.90. The number of ether oxygens (including phenoxy) is 1. The van der Waals surface area contributed by atoms with Crippen LogP contribution in [0.5, 0.6) is 0 Å². The molecule has 1 aromatic rings. The Kier molecular flexibility index (Phi) is 6.19. The first kappa shape index (κ1) is 19.5. The highest BCUT2D eigenvalue weighted by Gasteiger charge is 2.35. The van der Waals surface area contributed by atoms with Crippen molar-refractivity contribution in [1.29, 1.82) is 0 Å². The largest absolute Gasteiger partial charge is 0.462 e. The summed E-state index contributed by atoms with van der Waals surface area (Å²) in [6, 6.07) is 8.08. The number of allylic oxidation sites excluding steroid dienone is 4. The lowest BCUT2D eigenvalue weighted by Gasteiger charge is -2.27. The van der Waals surface area contributed by atoms with Crippen LogP contribution in [0.3, 0.4) is 0 Å². The average Bonchev–Trinajstić information content (AvgIpc) is 2.66. The molecule has 1 heterocycles. The second-order valence-electron chi connectivity index (χ2n) is 5.92. The molecule has 1 aromatic carbocycles. The minimum Gasteiger partial charge on any atom is -0.462 e. The van der Waals surface area contributed by atoms with Gasteiger partial charge < -0.3 is 10.1 Å². The van der Waals surface area contributed by atoms with Crippen molar-refractivity contribution in [3.8, 4) is 0 Å². The Labute approximate surface area is 167 Å². The van der Waals surface area contributed by atoms with Crippen LogP contribution >= 0.6 is 23.4 Å². The molecule has 1 unspecified atom stereocenters. The number of amides is 1. The zero-order chi connectivity index (χ0) is 19.4. The van der Waals surface area contributed by atoms with E-state index in [1.54, 1.807) is 30.8 Å². The van der Waals surface area contributed by atoms with E-state index in [4.69, 9.17) is 16.3 Å². The monoisotopic (exact) mass is 402 g/mol. The summed E-state index contributed by atoms with van der Waals surface area (Å²) in [4.78, 5) is 30.1. The maximum atomic E-state index is 12.5. The first-order valence-corrected chi connectivity index (χ1v) is 10.1. The summed E-state index contributed by atoms with van der Waals surface area (Å²) in [5.74, 6) is -1.62. The summed E-state index contributed by atoms with van der Waals surface area (Å²) >= 11 is 7.70. The summed E-state index contributed by atoms with van der Waals surface area (Å²) in [7, 11) is 0. The van der Waals surface area contributed by atoms with Gasteiger partial charge in [-0.1, -0.05) is 29.8 Å². The SMILES string of the molecule is CCOC(=O)C1=C(NCc2ccc(SC)cc2)C2C=CC(Cl)=CC2=NC1=O. The van der Waals surface area contributed by atoms with Gasteiger partial charge in [0.25, 0.3) is 5.91 Å². The van der Waals surface area contributed by atoms with Gasteiger partial charge in [0.1, 0.15) is 5.57 Å². The molecule has 1 atom stereocenters. The lowest BCUT2D eigenvalue weighted by atomic mass is 9.88. The van der Waals surface area contributed by atoms with Crippen molar-refractivity contribution in [2.75, 3.05) is 12.9 Å². The number of hydrogen-bond donors (Lipinski definition) is 1. The van der Waals surface area contributed by atoms with Gasteiger partial charge in [0, 0.05) is 22.2 Å². The van der Waals surface area contributed by atoms with Crippen molar-refractivity contribution >= 4 is 41.0 Å². The molecular formula is C20H19ClN2O3S. The lowest BCUT2D eigenvalue weighted by Crippen LogP contribution is -2.35. The minimum atomic E-state index is -0.667. The van der Waals surface area contributed by atoms with E-state index in [0.29, 0.717) is 23.0 Å². The van der Waals surface area contributed by atoms with Crippen LogP contribution in [0.25, 0.3) is 0 Å². The summed E-state index contributed by atoms with van der Waals surface area (Å²) in [5.41, 5.74) is 1.99. The third-order valence-corrected chi connectivity index (χ3v) is 5.18. The summed E-state index contributed by atoms with van der Waals surface area (Å²) in [5, 5.41) is 3.75. The fourth-order valence-corrected chi connectivity index (χ4v) is 3.49. The third-order valence-electron chi connectivity index (χ3n) is 4.20. The highest BCUT2D eigenvalue weighted by molar-refractivity contribution is 7.98. The minimum absolute atomic E-state index is 0.0533. The summed E-state index contributed by atoms with van der Waals surface area (Å²) in [6.07, 6.45) is 7.22. The number of benzene rings is 1. The molecule has 7 heteroatoms. The van der Waals surface area contributed by atoms with Gasteiger partial charge in [0.05, 0.1) is 18.2 Å². The fraction of sp³-hybridized carbons (Fsp3) is 0.250. The van der Waals surface area contributed by atoms with E-state index in [0.717, 1.165) is 5.56 Å². The van der Waals surface area contributed by atoms with Crippen molar-refractivity contribution < 1.29 is 14.3 Å². The Balaban J connectivity index is 1.91. The molecule has 0 saturated heterocycles. The Morgan fingerprint density at radius 1 is 1.33 bits per heavy atom. The van der Waals surface area contributed by atoms with E-state index in [-0.39, 0.29) is 18.1 Å². The molecule has 140 valence electrons. The van der Waals surface area contributed by atoms with E-state index in [2.05, 4.69) is 10.3 Å². The Morgan fingerprint density at radius 2 is 2.07 bits per heavy atom. The van der Waals surface area contributed by atoms with Crippen LogP contribution in [0.2, 0.25) is 0 Å². The van der Waals surface area contributed by atoms with Gasteiger partial charge in [-0.3, -0.25) is 4.79 Å². The van der Waals surface area contributed by atoms with Crippen molar-refractivity contribution in [3.63, 3.8) is 0 Å². The molecule has 0 aromatic heterocycles. The molecule has 3 rings (SSSR count). The molecule has 1 aliphatic heterocycles. The number of carbonyl (C=O) groups excluding carboxylic acids is 2. The molecule has 1 amide bonds. The number of thioether (sulfide) groups is 1. The standard InChI is InChI=1S/C20H19ClN2O3S/c1-3-26-20(25)17-18(22-11-12-4-7-14(27-2)8-5-12)15-9-6-13(21)10-16(15)23-19(17)24/h4-10,15,22H,3,11H2,1-2H3. The molecule has 1 aliphatic carbocycles. The number of carbonyl (C=O) groups is 2. The van der Waals surface area contributed by atoms with Gasteiger partial charge >= 0.3 is 5.97 Å². The molecule has 1 N–H and O–H groups in total. The average molecular weight is 403 g/mol. The number of aliphatic imine (C=N–C) groups is 1. The van der Waals surface area contributed by atoms with E-state index in [1.807, 2.05) is 36.6 Å². The maximum Gasteiger partial charge on any atom is 0.345 e. The normalized spacial score (nSPS) is 18.6. The maximum absolute atomic E-state index is 12.5. The van der Waals surface area contributed by atoms with Gasteiger partial charge in [-0.25, -0.2) is 9.79 Å².